The smallest absolute Gasteiger partial charge is 0.262 e. The number of hydrogen-bond acceptors (Lipinski definition) is 6. The van der Waals surface area contributed by atoms with E-state index in [9.17, 15) is 4.79 Å². The fourth-order valence-corrected chi connectivity index (χ4v) is 3.02. The topological polar surface area (TPSA) is 86.5 Å². The van der Waals surface area contributed by atoms with Crippen molar-refractivity contribution in [1.82, 2.24) is 10.1 Å². The normalized spacial score (nSPS) is 10.5. The third-order valence-electron chi connectivity index (χ3n) is 4.38. The molecule has 0 aliphatic heterocycles. The number of hydrogen-bond donors (Lipinski definition) is 1. The largest absolute Gasteiger partial charge is 0.495 e. The molecule has 0 aliphatic carbocycles. The zero-order valence-corrected chi connectivity index (χ0v) is 17.3. The Kier molecular flexibility index (Phi) is 6.14. The summed E-state index contributed by atoms with van der Waals surface area (Å²) in [5, 5.41) is 7.44. The molecule has 1 amide bonds. The zero-order valence-electron chi connectivity index (χ0n) is 16.5. The van der Waals surface area contributed by atoms with Crippen molar-refractivity contribution in [2.24, 2.45) is 0 Å². The van der Waals surface area contributed by atoms with Gasteiger partial charge in [-0.05, 0) is 48.5 Å². The average molecular weight is 436 g/mol. The number of amides is 1. The number of rotatable bonds is 7. The highest BCUT2D eigenvalue weighted by Crippen LogP contribution is 2.30. The number of benzene rings is 3. The molecule has 0 spiro atoms. The summed E-state index contributed by atoms with van der Waals surface area (Å²) in [6, 6.07) is 21.4. The lowest BCUT2D eigenvalue weighted by molar-refractivity contribution is -0.118. The first-order chi connectivity index (χ1) is 15.1. The van der Waals surface area contributed by atoms with Crippen molar-refractivity contribution in [2.75, 3.05) is 19.0 Å². The molecule has 7 nitrogen and oxygen atoms in total. The van der Waals surface area contributed by atoms with Crippen molar-refractivity contribution in [3.63, 3.8) is 0 Å². The van der Waals surface area contributed by atoms with E-state index < -0.39 is 0 Å². The molecular weight excluding hydrogens is 418 g/mol. The Morgan fingerprint density at radius 1 is 1.00 bits per heavy atom. The molecule has 31 heavy (non-hydrogen) atoms. The van der Waals surface area contributed by atoms with Crippen LogP contribution < -0.4 is 14.8 Å². The van der Waals surface area contributed by atoms with E-state index in [-0.39, 0.29) is 12.5 Å². The van der Waals surface area contributed by atoms with Crippen LogP contribution in [0.15, 0.2) is 77.3 Å². The summed E-state index contributed by atoms with van der Waals surface area (Å²) in [7, 11) is 1.54. The van der Waals surface area contributed by atoms with Crippen LogP contribution in [-0.2, 0) is 4.79 Å². The molecule has 1 N–H and O–H groups in total. The zero-order chi connectivity index (χ0) is 21.6. The Balaban J connectivity index is 1.48. The monoisotopic (exact) mass is 435 g/mol. The summed E-state index contributed by atoms with van der Waals surface area (Å²) in [5.74, 6) is 1.41. The van der Waals surface area contributed by atoms with Crippen LogP contribution in [0.25, 0.3) is 22.8 Å². The van der Waals surface area contributed by atoms with E-state index in [2.05, 4.69) is 15.5 Å². The van der Waals surface area contributed by atoms with Crippen molar-refractivity contribution in [3.05, 3.63) is 77.8 Å². The van der Waals surface area contributed by atoms with E-state index in [1.54, 1.807) is 61.7 Å². The second kappa shape index (κ2) is 9.32. The van der Waals surface area contributed by atoms with E-state index in [0.717, 1.165) is 5.56 Å². The Bertz CT molecular complexity index is 1190. The van der Waals surface area contributed by atoms with Gasteiger partial charge in [0.2, 0.25) is 5.82 Å². The highest BCUT2D eigenvalue weighted by atomic mass is 35.5. The van der Waals surface area contributed by atoms with Crippen molar-refractivity contribution in [1.29, 1.82) is 0 Å². The number of carbonyl (C=O) groups is 1. The maximum absolute atomic E-state index is 12.4. The van der Waals surface area contributed by atoms with Crippen LogP contribution in [0, 0.1) is 0 Å². The number of aromatic nitrogens is 2. The Hall–Kier alpha value is -3.84. The first-order valence-corrected chi connectivity index (χ1v) is 9.76. The van der Waals surface area contributed by atoms with Gasteiger partial charge in [0.05, 0.1) is 18.4 Å². The van der Waals surface area contributed by atoms with Gasteiger partial charge < -0.3 is 19.3 Å². The third-order valence-corrected chi connectivity index (χ3v) is 4.64. The van der Waals surface area contributed by atoms with Gasteiger partial charge in [-0.2, -0.15) is 4.98 Å². The lowest BCUT2D eigenvalue weighted by Crippen LogP contribution is -2.20. The summed E-state index contributed by atoms with van der Waals surface area (Å²) >= 11 is 5.93. The number of nitrogens with zero attached hydrogens (tertiary/aromatic N) is 2. The number of methoxy groups -OCH3 is 1. The molecule has 3 aromatic carbocycles. The van der Waals surface area contributed by atoms with Crippen LogP contribution in [0.5, 0.6) is 11.5 Å². The minimum absolute atomic E-state index is 0.197. The summed E-state index contributed by atoms with van der Waals surface area (Å²) in [5.41, 5.74) is 1.92. The van der Waals surface area contributed by atoms with Crippen LogP contribution in [0.4, 0.5) is 5.69 Å². The van der Waals surface area contributed by atoms with E-state index >= 15 is 0 Å². The molecule has 0 bridgehead atoms. The van der Waals surface area contributed by atoms with E-state index in [4.69, 9.17) is 25.6 Å². The summed E-state index contributed by atoms with van der Waals surface area (Å²) in [4.78, 5) is 16.8. The van der Waals surface area contributed by atoms with Gasteiger partial charge in [-0.15, -0.1) is 0 Å². The molecule has 1 heterocycles. The minimum atomic E-state index is -0.325. The van der Waals surface area contributed by atoms with Gasteiger partial charge >= 0.3 is 0 Å². The quantitative estimate of drug-likeness (QED) is 0.435. The predicted molar refractivity (Wildman–Crippen MR) is 117 cm³/mol. The molecular formula is C23H18ClN3O4. The van der Waals surface area contributed by atoms with Gasteiger partial charge in [0.25, 0.3) is 11.8 Å². The molecule has 4 rings (SSSR count). The highest BCUT2D eigenvalue weighted by molar-refractivity contribution is 6.30. The van der Waals surface area contributed by atoms with Crippen LogP contribution in [0.2, 0.25) is 5.02 Å². The average Bonchev–Trinajstić information content (AvgIpc) is 3.29. The molecule has 4 aromatic rings. The maximum atomic E-state index is 12.4. The SMILES string of the molecule is COc1ccccc1NC(=O)COc1ccccc1-c1noc(-c2ccc(Cl)cc2)n1. The first-order valence-electron chi connectivity index (χ1n) is 9.39. The molecule has 0 aliphatic rings. The Labute approximate surface area is 183 Å². The van der Waals surface area contributed by atoms with Crippen LogP contribution >= 0.6 is 11.6 Å². The van der Waals surface area contributed by atoms with Gasteiger partial charge in [-0.1, -0.05) is 41.0 Å². The predicted octanol–water partition coefficient (Wildman–Crippen LogP) is 5.08. The molecule has 156 valence electrons. The highest BCUT2D eigenvalue weighted by Gasteiger charge is 2.16. The van der Waals surface area contributed by atoms with Crippen molar-refractivity contribution >= 4 is 23.2 Å². The molecule has 1 aromatic heterocycles. The van der Waals surface area contributed by atoms with Crippen molar-refractivity contribution in [2.45, 2.75) is 0 Å². The lowest BCUT2D eigenvalue weighted by atomic mass is 10.2. The molecule has 0 saturated carbocycles. The second-order valence-electron chi connectivity index (χ2n) is 6.46. The Morgan fingerprint density at radius 2 is 1.71 bits per heavy atom. The Morgan fingerprint density at radius 3 is 2.48 bits per heavy atom. The number of halogens is 1. The summed E-state index contributed by atoms with van der Waals surface area (Å²) < 4.78 is 16.4. The number of para-hydroxylation sites is 3. The van der Waals surface area contributed by atoms with E-state index in [0.29, 0.717) is 39.5 Å². The lowest BCUT2D eigenvalue weighted by Gasteiger charge is -2.11. The second-order valence-corrected chi connectivity index (χ2v) is 6.90. The van der Waals surface area contributed by atoms with Gasteiger partial charge in [0, 0.05) is 10.6 Å². The minimum Gasteiger partial charge on any atom is -0.495 e. The molecule has 0 fully saturated rings. The summed E-state index contributed by atoms with van der Waals surface area (Å²) in [6.07, 6.45) is 0. The first kappa shape index (κ1) is 20.4. The number of nitrogens with one attached hydrogen (secondary N) is 1. The fraction of sp³-hybridized carbons (Fsp3) is 0.0870. The number of carbonyl (C=O) groups excluding carboxylic acids is 1. The van der Waals surface area contributed by atoms with Gasteiger partial charge in [0.15, 0.2) is 6.61 Å². The molecule has 0 atom stereocenters. The molecule has 0 saturated heterocycles. The standard InChI is InChI=1S/C23H18ClN3O4/c1-29-20-9-5-3-7-18(20)25-21(28)14-30-19-8-4-2-6-17(19)22-26-23(31-27-22)15-10-12-16(24)13-11-15/h2-13H,14H2,1H3,(H,25,28). The van der Waals surface area contributed by atoms with Gasteiger partial charge in [-0.25, -0.2) is 0 Å². The van der Waals surface area contributed by atoms with Gasteiger partial charge in [0.1, 0.15) is 11.5 Å². The van der Waals surface area contributed by atoms with E-state index in [1.807, 2.05) is 18.2 Å². The van der Waals surface area contributed by atoms with Crippen LogP contribution in [-0.4, -0.2) is 29.8 Å². The molecule has 0 unspecified atom stereocenters. The fourth-order valence-electron chi connectivity index (χ4n) is 2.90. The number of ether oxygens (including phenoxy) is 2. The molecule has 8 heteroatoms. The van der Waals surface area contributed by atoms with Crippen LogP contribution in [0.3, 0.4) is 0 Å². The third kappa shape index (κ3) is 4.84. The number of anilines is 1. The van der Waals surface area contributed by atoms with E-state index in [1.165, 1.54) is 0 Å². The summed E-state index contributed by atoms with van der Waals surface area (Å²) in [6.45, 7) is -0.197. The van der Waals surface area contributed by atoms with Gasteiger partial charge in [-0.3, -0.25) is 4.79 Å². The van der Waals surface area contributed by atoms with Crippen LogP contribution in [0.1, 0.15) is 0 Å². The van der Waals surface area contributed by atoms with Crippen molar-refractivity contribution in [3.8, 4) is 34.3 Å². The molecule has 0 radical (unpaired) electrons. The maximum Gasteiger partial charge on any atom is 0.262 e. The van der Waals surface area contributed by atoms with Crippen molar-refractivity contribution < 1.29 is 18.8 Å².